The summed E-state index contributed by atoms with van der Waals surface area (Å²) in [7, 11) is 0. The third-order valence-corrected chi connectivity index (χ3v) is 3.88. The summed E-state index contributed by atoms with van der Waals surface area (Å²) in [6, 6.07) is 32.1. The van der Waals surface area contributed by atoms with E-state index >= 15 is 0 Å². The van der Waals surface area contributed by atoms with Gasteiger partial charge in [0, 0.05) is 5.69 Å². The van der Waals surface area contributed by atoms with Crippen molar-refractivity contribution in [3.8, 4) is 0 Å². The van der Waals surface area contributed by atoms with E-state index in [1.165, 1.54) is 16.8 Å². The van der Waals surface area contributed by atoms with E-state index in [0.29, 0.717) is 6.04 Å². The van der Waals surface area contributed by atoms with Crippen molar-refractivity contribution in [2.24, 2.45) is 0 Å². The van der Waals surface area contributed by atoms with E-state index in [1.807, 2.05) is 6.07 Å². The molecule has 22 heavy (non-hydrogen) atoms. The maximum Gasteiger partial charge on any atom is 0.0517 e. The summed E-state index contributed by atoms with van der Waals surface area (Å²) in [5.74, 6) is 0. The van der Waals surface area contributed by atoms with Crippen LogP contribution in [0.4, 0.5) is 5.69 Å². The fraction of sp³-hybridized carbons (Fsp3) is 0.143. The monoisotopic (exact) mass is 287 g/mol. The van der Waals surface area contributed by atoms with Crippen LogP contribution in [0.3, 0.4) is 0 Å². The number of hydrogen-bond donors (Lipinski definition) is 1. The van der Waals surface area contributed by atoms with Gasteiger partial charge in [0.2, 0.25) is 0 Å². The van der Waals surface area contributed by atoms with E-state index in [-0.39, 0.29) is 0 Å². The highest BCUT2D eigenvalue weighted by molar-refractivity contribution is 5.45. The molecule has 1 N–H and O–H groups in total. The van der Waals surface area contributed by atoms with Crippen LogP contribution in [0.1, 0.15) is 23.6 Å². The molecule has 0 fully saturated rings. The van der Waals surface area contributed by atoms with Crippen molar-refractivity contribution in [1.82, 2.24) is 0 Å². The Kier molecular flexibility index (Phi) is 4.88. The average molecular weight is 287 g/mol. The Bertz CT molecular complexity index is 662. The highest BCUT2D eigenvalue weighted by Crippen LogP contribution is 2.24. The molecule has 0 amide bonds. The summed E-state index contributed by atoms with van der Waals surface area (Å²) in [6.45, 7) is 0. The van der Waals surface area contributed by atoms with E-state index in [2.05, 4.69) is 90.2 Å². The van der Waals surface area contributed by atoms with Crippen LogP contribution >= 0.6 is 0 Å². The quantitative estimate of drug-likeness (QED) is 0.633. The van der Waals surface area contributed by atoms with Crippen molar-refractivity contribution in [1.29, 1.82) is 0 Å². The Morgan fingerprint density at radius 2 is 1.18 bits per heavy atom. The van der Waals surface area contributed by atoms with Gasteiger partial charge < -0.3 is 5.32 Å². The van der Waals surface area contributed by atoms with Gasteiger partial charge in [0.25, 0.3) is 0 Å². The van der Waals surface area contributed by atoms with Crippen LogP contribution in [0.15, 0.2) is 91.0 Å². The molecule has 1 atom stereocenters. The number of rotatable bonds is 6. The molecule has 0 radical (unpaired) electrons. The maximum atomic E-state index is 3.67. The molecule has 0 unspecified atom stereocenters. The van der Waals surface area contributed by atoms with Gasteiger partial charge in [0.15, 0.2) is 0 Å². The molecule has 0 bridgehead atoms. The maximum absolute atomic E-state index is 3.67. The van der Waals surface area contributed by atoms with Gasteiger partial charge >= 0.3 is 0 Å². The van der Waals surface area contributed by atoms with Crippen molar-refractivity contribution in [3.05, 3.63) is 102 Å². The first-order valence-corrected chi connectivity index (χ1v) is 7.82. The molecule has 0 heterocycles. The summed E-state index contributed by atoms with van der Waals surface area (Å²) in [4.78, 5) is 0. The van der Waals surface area contributed by atoms with Gasteiger partial charge in [-0.3, -0.25) is 0 Å². The van der Waals surface area contributed by atoms with Crippen LogP contribution in [0, 0.1) is 0 Å². The van der Waals surface area contributed by atoms with Crippen LogP contribution in [0.25, 0.3) is 0 Å². The van der Waals surface area contributed by atoms with E-state index < -0.39 is 0 Å². The standard InChI is InChI=1S/C21H21N/c1-4-10-18(11-5-1)16-17-21(19-12-6-2-7-13-19)22-20-14-8-3-9-15-20/h1-15,21-22H,16-17H2/t21-/m0/s1. The first kappa shape index (κ1) is 14.4. The van der Waals surface area contributed by atoms with E-state index in [0.717, 1.165) is 12.8 Å². The Morgan fingerprint density at radius 3 is 1.82 bits per heavy atom. The van der Waals surface area contributed by atoms with Gasteiger partial charge in [-0.2, -0.15) is 0 Å². The van der Waals surface area contributed by atoms with Crippen LogP contribution in [0.5, 0.6) is 0 Å². The molecule has 3 aromatic carbocycles. The minimum atomic E-state index is 0.323. The number of aryl methyl sites for hydroxylation is 1. The molecule has 0 spiro atoms. The second-order valence-corrected chi connectivity index (χ2v) is 5.50. The van der Waals surface area contributed by atoms with Crippen molar-refractivity contribution >= 4 is 5.69 Å². The molecule has 3 rings (SSSR count). The lowest BCUT2D eigenvalue weighted by Gasteiger charge is -2.20. The molecular formula is C21H21N. The zero-order valence-corrected chi connectivity index (χ0v) is 12.7. The molecule has 1 heteroatoms. The van der Waals surface area contributed by atoms with Crippen molar-refractivity contribution < 1.29 is 0 Å². The third-order valence-electron chi connectivity index (χ3n) is 3.88. The van der Waals surface area contributed by atoms with Crippen LogP contribution < -0.4 is 5.32 Å². The van der Waals surface area contributed by atoms with Gasteiger partial charge in [-0.1, -0.05) is 78.9 Å². The van der Waals surface area contributed by atoms with Crippen LogP contribution in [-0.4, -0.2) is 0 Å². The smallest absolute Gasteiger partial charge is 0.0517 e. The van der Waals surface area contributed by atoms with Gasteiger partial charge in [-0.15, -0.1) is 0 Å². The summed E-state index contributed by atoms with van der Waals surface area (Å²) in [5.41, 5.74) is 3.89. The molecule has 3 aromatic rings. The zero-order chi connectivity index (χ0) is 15.0. The molecule has 1 nitrogen and oxygen atoms in total. The molecule has 0 aliphatic carbocycles. The molecule has 0 aromatic heterocycles. The van der Waals surface area contributed by atoms with Crippen LogP contribution in [0.2, 0.25) is 0 Å². The normalized spacial score (nSPS) is 11.8. The fourth-order valence-corrected chi connectivity index (χ4v) is 2.70. The number of anilines is 1. The lowest BCUT2D eigenvalue weighted by Crippen LogP contribution is -2.11. The second-order valence-electron chi connectivity index (χ2n) is 5.50. The molecule has 0 aliphatic rings. The van der Waals surface area contributed by atoms with Crippen LogP contribution in [-0.2, 0) is 6.42 Å². The predicted octanol–water partition coefficient (Wildman–Crippen LogP) is 5.47. The molecule has 0 aliphatic heterocycles. The van der Waals surface area contributed by atoms with Gasteiger partial charge in [0.1, 0.15) is 0 Å². The topological polar surface area (TPSA) is 12.0 Å². The minimum absolute atomic E-state index is 0.323. The highest BCUT2D eigenvalue weighted by atomic mass is 14.9. The SMILES string of the molecule is c1ccc(CC[C@H](Nc2ccccc2)c2ccccc2)cc1. The predicted molar refractivity (Wildman–Crippen MR) is 94.0 cm³/mol. The van der Waals surface area contributed by atoms with E-state index in [4.69, 9.17) is 0 Å². The average Bonchev–Trinajstić information content (AvgIpc) is 2.61. The second kappa shape index (κ2) is 7.46. The Labute approximate surface area is 132 Å². The zero-order valence-electron chi connectivity index (χ0n) is 12.7. The van der Waals surface area contributed by atoms with E-state index in [9.17, 15) is 0 Å². The number of hydrogen-bond acceptors (Lipinski definition) is 1. The minimum Gasteiger partial charge on any atom is -0.378 e. The first-order chi connectivity index (χ1) is 10.9. The summed E-state index contributed by atoms with van der Waals surface area (Å²) < 4.78 is 0. The Balaban J connectivity index is 1.74. The van der Waals surface area contributed by atoms with Gasteiger partial charge in [-0.25, -0.2) is 0 Å². The third kappa shape index (κ3) is 3.98. The first-order valence-electron chi connectivity index (χ1n) is 7.82. The fourth-order valence-electron chi connectivity index (χ4n) is 2.70. The number of benzene rings is 3. The molecular weight excluding hydrogens is 266 g/mol. The highest BCUT2D eigenvalue weighted by Gasteiger charge is 2.11. The van der Waals surface area contributed by atoms with Crippen molar-refractivity contribution in [3.63, 3.8) is 0 Å². The molecule has 0 saturated heterocycles. The van der Waals surface area contributed by atoms with E-state index in [1.54, 1.807) is 0 Å². The van der Waals surface area contributed by atoms with Gasteiger partial charge in [0.05, 0.1) is 6.04 Å². The van der Waals surface area contributed by atoms with Crippen molar-refractivity contribution in [2.45, 2.75) is 18.9 Å². The molecule has 110 valence electrons. The number of nitrogens with one attached hydrogen (secondary N) is 1. The summed E-state index contributed by atoms with van der Waals surface area (Å²) in [6.07, 6.45) is 2.14. The Morgan fingerprint density at radius 1 is 0.636 bits per heavy atom. The largest absolute Gasteiger partial charge is 0.378 e. The Hall–Kier alpha value is -2.54. The summed E-state index contributed by atoms with van der Waals surface area (Å²) in [5, 5.41) is 3.67. The lowest BCUT2D eigenvalue weighted by molar-refractivity contribution is 0.693. The van der Waals surface area contributed by atoms with Crippen molar-refractivity contribution in [2.75, 3.05) is 5.32 Å². The lowest BCUT2D eigenvalue weighted by atomic mass is 9.98. The number of para-hydroxylation sites is 1. The molecule has 0 saturated carbocycles. The summed E-state index contributed by atoms with van der Waals surface area (Å²) >= 11 is 0. The van der Waals surface area contributed by atoms with Gasteiger partial charge in [-0.05, 0) is 36.1 Å².